The highest BCUT2D eigenvalue weighted by atomic mass is 32.2. The molecule has 0 unspecified atom stereocenters. The second-order valence-corrected chi connectivity index (χ2v) is 15.6. The lowest BCUT2D eigenvalue weighted by Crippen LogP contribution is -2.48. The maximum atomic E-state index is 13.4. The van der Waals surface area contributed by atoms with Gasteiger partial charge in [-0.25, -0.2) is 13.1 Å². The number of hydrogen-bond donors (Lipinski definition) is 2. The first kappa shape index (κ1) is 38.9. The summed E-state index contributed by atoms with van der Waals surface area (Å²) in [6.07, 6.45) is 0. The number of hydrogen-bond acceptors (Lipinski definition) is 10. The molecule has 1 fully saturated rings. The van der Waals surface area contributed by atoms with E-state index in [0.717, 1.165) is 39.1 Å². The third kappa shape index (κ3) is 9.63. The van der Waals surface area contributed by atoms with Crippen molar-refractivity contribution in [2.75, 3.05) is 55.3 Å². The first-order chi connectivity index (χ1) is 26.5. The smallest absolute Gasteiger partial charge is 0.293 e. The zero-order valence-electron chi connectivity index (χ0n) is 30.4. The Hall–Kier alpha value is -5.86. The molecule has 5 aromatic rings. The van der Waals surface area contributed by atoms with Crippen molar-refractivity contribution >= 4 is 50.7 Å². The van der Waals surface area contributed by atoms with Crippen LogP contribution in [-0.4, -0.2) is 75.1 Å². The number of amides is 2. The van der Waals surface area contributed by atoms with Crippen LogP contribution in [0.3, 0.4) is 0 Å². The Kier molecular flexibility index (Phi) is 12.4. The van der Waals surface area contributed by atoms with Gasteiger partial charge in [0, 0.05) is 66.3 Å². The van der Waals surface area contributed by atoms with Gasteiger partial charge in [-0.3, -0.25) is 19.7 Å². The van der Waals surface area contributed by atoms with Crippen molar-refractivity contribution < 1.29 is 27.7 Å². The van der Waals surface area contributed by atoms with Crippen molar-refractivity contribution in [3.05, 3.63) is 142 Å². The number of thioether (sulfide) groups is 1. The third-order valence-corrected chi connectivity index (χ3v) is 11.5. The number of benzene rings is 5. The molecule has 1 saturated heterocycles. The van der Waals surface area contributed by atoms with Gasteiger partial charge in [0.2, 0.25) is 0 Å². The molecule has 0 bridgehead atoms. The van der Waals surface area contributed by atoms with Crippen LogP contribution in [0.4, 0.5) is 17.1 Å². The molecule has 14 heteroatoms. The Morgan fingerprint density at radius 1 is 0.855 bits per heavy atom. The average Bonchev–Trinajstić information content (AvgIpc) is 3.19. The highest BCUT2D eigenvalue weighted by Crippen LogP contribution is 2.30. The molecule has 12 nitrogen and oxygen atoms in total. The molecule has 1 aliphatic heterocycles. The van der Waals surface area contributed by atoms with Gasteiger partial charge in [-0.1, -0.05) is 36.4 Å². The first-order valence-electron chi connectivity index (χ1n) is 17.8. The van der Waals surface area contributed by atoms with E-state index in [-0.39, 0.29) is 17.2 Å². The largest absolute Gasteiger partial charge is 0.494 e. The average molecular weight is 780 g/mol. The molecule has 5 aromatic carbocycles. The van der Waals surface area contributed by atoms with E-state index < -0.39 is 31.4 Å². The van der Waals surface area contributed by atoms with Crippen molar-refractivity contribution in [2.24, 2.45) is 0 Å². The van der Waals surface area contributed by atoms with Crippen LogP contribution in [0.5, 0.6) is 5.75 Å². The maximum Gasteiger partial charge on any atom is 0.293 e. The van der Waals surface area contributed by atoms with Gasteiger partial charge in [0.15, 0.2) is 0 Å². The van der Waals surface area contributed by atoms with Crippen LogP contribution in [0, 0.1) is 17.0 Å². The number of carbonyl (C=O) groups is 2. The van der Waals surface area contributed by atoms with Crippen LogP contribution in [0.15, 0.2) is 125 Å². The lowest BCUT2D eigenvalue weighted by Gasteiger charge is -2.36. The normalized spacial score (nSPS) is 12.9. The highest BCUT2D eigenvalue weighted by molar-refractivity contribution is 7.99. The van der Waals surface area contributed by atoms with Crippen LogP contribution >= 0.6 is 11.8 Å². The first-order valence-corrected chi connectivity index (χ1v) is 20.2. The second kappa shape index (κ2) is 17.5. The lowest BCUT2D eigenvalue weighted by atomic mass is 9.97. The number of nitro groups is 1. The molecular weight excluding hydrogens is 739 g/mol. The van der Waals surface area contributed by atoms with Gasteiger partial charge in [0.25, 0.3) is 27.5 Å². The van der Waals surface area contributed by atoms with E-state index in [9.17, 15) is 28.1 Å². The molecule has 0 spiro atoms. The number of aryl methyl sites for hydroxylation is 1. The minimum absolute atomic E-state index is 0.0419. The zero-order valence-corrected chi connectivity index (χ0v) is 32.1. The van der Waals surface area contributed by atoms with Gasteiger partial charge in [0.05, 0.1) is 16.4 Å². The van der Waals surface area contributed by atoms with Crippen LogP contribution in [0.2, 0.25) is 0 Å². The van der Waals surface area contributed by atoms with Crippen LogP contribution in [-0.2, 0) is 10.0 Å². The number of nitrogens with one attached hydrogen (secondary N) is 2. The van der Waals surface area contributed by atoms with Crippen molar-refractivity contribution in [3.63, 3.8) is 0 Å². The Morgan fingerprint density at radius 2 is 1.58 bits per heavy atom. The monoisotopic (exact) mass is 779 g/mol. The predicted octanol–water partition coefficient (Wildman–Crippen LogP) is 7.25. The summed E-state index contributed by atoms with van der Waals surface area (Å²) in [6, 6.07) is 33.3. The van der Waals surface area contributed by atoms with E-state index in [4.69, 9.17) is 4.74 Å². The molecule has 55 heavy (non-hydrogen) atoms. The maximum absolute atomic E-state index is 13.4. The number of nitrogens with zero attached hydrogens (tertiary/aromatic N) is 3. The molecular formula is C41H41N5O7S2. The van der Waals surface area contributed by atoms with Gasteiger partial charge in [0.1, 0.15) is 11.4 Å². The molecule has 2 N–H and O–H groups in total. The lowest BCUT2D eigenvalue weighted by molar-refractivity contribution is -0.384. The number of rotatable bonds is 14. The Morgan fingerprint density at radius 3 is 2.27 bits per heavy atom. The SMILES string of the molecule is CCOc1cccc(-c2ccc(C(=O)N3CCN(c4ccc(C(=O)NS(=O)(=O)c5ccc(NCCSc6ccccc6)c([N+](=O)[O-])c5)cc4)CC3)cc2C)c1. The van der Waals surface area contributed by atoms with Crippen LogP contribution in [0.25, 0.3) is 11.1 Å². The van der Waals surface area contributed by atoms with Gasteiger partial charge in [-0.2, -0.15) is 0 Å². The zero-order chi connectivity index (χ0) is 39.0. The number of nitro benzene ring substituents is 1. The topological polar surface area (TPSA) is 151 Å². The molecule has 0 radical (unpaired) electrons. The summed E-state index contributed by atoms with van der Waals surface area (Å²) in [4.78, 5) is 42.2. The van der Waals surface area contributed by atoms with Gasteiger partial charge >= 0.3 is 0 Å². The van der Waals surface area contributed by atoms with Crippen molar-refractivity contribution in [1.29, 1.82) is 0 Å². The molecule has 1 heterocycles. The summed E-state index contributed by atoms with van der Waals surface area (Å²) < 4.78 is 33.9. The second-order valence-electron chi connectivity index (χ2n) is 12.8. The van der Waals surface area contributed by atoms with Crippen LogP contribution in [0.1, 0.15) is 33.2 Å². The van der Waals surface area contributed by atoms with Gasteiger partial charge in [-0.05, 0) is 103 Å². The van der Waals surface area contributed by atoms with E-state index in [2.05, 4.69) is 10.2 Å². The minimum Gasteiger partial charge on any atom is -0.494 e. The van der Waals surface area contributed by atoms with Crippen molar-refractivity contribution in [3.8, 4) is 16.9 Å². The number of piperazine rings is 1. The standard InChI is InChI=1S/C41H41N5O7S2/c1-3-53-34-9-7-8-31(27-34)37-18-14-32(26-29(37)2)41(48)45-23-21-44(22-24-45)33-15-12-30(13-16-33)40(47)43-55(51,52)36-17-19-38(39(28-36)46(49)50)42-20-25-54-35-10-5-4-6-11-35/h4-19,26-28,42H,3,20-25H2,1-2H3,(H,43,47). The number of sulfonamides is 1. The molecule has 0 saturated carbocycles. The summed E-state index contributed by atoms with van der Waals surface area (Å²) >= 11 is 1.58. The minimum atomic E-state index is -4.42. The summed E-state index contributed by atoms with van der Waals surface area (Å²) in [5, 5.41) is 14.8. The molecule has 1 aliphatic rings. The van der Waals surface area contributed by atoms with E-state index in [0.29, 0.717) is 50.6 Å². The van der Waals surface area contributed by atoms with Crippen molar-refractivity contribution in [2.45, 2.75) is 23.6 Å². The van der Waals surface area contributed by atoms with E-state index in [1.54, 1.807) is 23.9 Å². The Balaban J connectivity index is 1.02. The Bertz CT molecular complexity index is 2280. The quantitative estimate of drug-likeness (QED) is 0.0511. The highest BCUT2D eigenvalue weighted by Gasteiger charge is 2.26. The fourth-order valence-corrected chi connectivity index (χ4v) is 8.09. The molecule has 0 aliphatic carbocycles. The molecule has 0 aromatic heterocycles. The van der Waals surface area contributed by atoms with Gasteiger partial charge in [-0.15, -0.1) is 11.8 Å². The predicted molar refractivity (Wildman–Crippen MR) is 216 cm³/mol. The van der Waals surface area contributed by atoms with Crippen molar-refractivity contribution in [1.82, 2.24) is 9.62 Å². The number of ether oxygens (including phenoxy) is 1. The molecule has 2 amide bonds. The van der Waals surface area contributed by atoms with Gasteiger partial charge < -0.3 is 19.9 Å². The molecule has 284 valence electrons. The summed E-state index contributed by atoms with van der Waals surface area (Å²) in [5.41, 5.74) is 4.36. The summed E-state index contributed by atoms with van der Waals surface area (Å²) in [5.74, 6) is 0.523. The fourth-order valence-electron chi connectivity index (χ4n) is 6.30. The van der Waals surface area contributed by atoms with E-state index >= 15 is 0 Å². The van der Waals surface area contributed by atoms with Crippen LogP contribution < -0.4 is 19.7 Å². The summed E-state index contributed by atoms with van der Waals surface area (Å²) in [7, 11) is -4.42. The molecule has 6 rings (SSSR count). The number of anilines is 2. The Labute approximate surface area is 324 Å². The molecule has 0 atom stereocenters. The third-order valence-electron chi connectivity index (χ3n) is 9.12. The van der Waals surface area contributed by atoms with E-state index in [1.807, 2.05) is 96.3 Å². The number of carbonyl (C=O) groups excluding carboxylic acids is 2. The van der Waals surface area contributed by atoms with E-state index in [1.165, 1.54) is 24.3 Å². The summed E-state index contributed by atoms with van der Waals surface area (Å²) in [6.45, 7) is 7.08. The fraction of sp³-hybridized carbons (Fsp3) is 0.220.